The highest BCUT2D eigenvalue weighted by Crippen LogP contribution is 2.13. The van der Waals surface area contributed by atoms with Gasteiger partial charge in [0.25, 0.3) is 0 Å². The summed E-state index contributed by atoms with van der Waals surface area (Å²) in [6.07, 6.45) is -10.5. The minimum absolute atomic E-state index is 0.296. The van der Waals surface area contributed by atoms with E-state index in [1.165, 1.54) is 0 Å². The Kier molecular flexibility index (Phi) is 8.11. The largest absolute Gasteiger partial charge is 0.490 e. The van der Waals surface area contributed by atoms with Crippen LogP contribution in [0, 0.1) is 0 Å². The van der Waals surface area contributed by atoms with Crippen molar-refractivity contribution < 1.29 is 55.7 Å². The third kappa shape index (κ3) is 12.3. The summed E-state index contributed by atoms with van der Waals surface area (Å²) in [5.74, 6) is -5.51. The van der Waals surface area contributed by atoms with Gasteiger partial charge in [0.2, 0.25) is 0 Å². The van der Waals surface area contributed by atoms with E-state index in [2.05, 4.69) is 10.1 Å². The van der Waals surface area contributed by atoms with Crippen LogP contribution in [0.4, 0.5) is 31.1 Å². The SMILES string of the molecule is O=C(O)C(F)(F)F.O=C(O)C(F)(F)F.O=C1NCCO1. The number of hydrogen-bond acceptors (Lipinski definition) is 4. The number of nitrogens with one attached hydrogen (secondary N) is 1. The first-order valence-corrected chi connectivity index (χ1v) is 4.29. The molecule has 0 saturated carbocycles. The van der Waals surface area contributed by atoms with Crippen LogP contribution in [0.2, 0.25) is 0 Å². The number of carbonyl (C=O) groups is 3. The van der Waals surface area contributed by atoms with Gasteiger partial charge in [0.1, 0.15) is 6.61 Å². The van der Waals surface area contributed by atoms with Crippen molar-refractivity contribution >= 4 is 18.0 Å². The Morgan fingerprint density at radius 3 is 1.35 bits per heavy atom. The van der Waals surface area contributed by atoms with E-state index in [4.69, 9.17) is 19.8 Å². The highest BCUT2D eigenvalue weighted by Gasteiger charge is 2.38. The number of alkyl carbamates (subject to hydrolysis) is 1. The molecule has 1 aliphatic rings. The monoisotopic (exact) mass is 315 g/mol. The zero-order valence-corrected chi connectivity index (χ0v) is 9.21. The number of alkyl halides is 6. The lowest BCUT2D eigenvalue weighted by Crippen LogP contribution is -2.21. The van der Waals surface area contributed by atoms with Crippen LogP contribution in [0.15, 0.2) is 0 Å². The van der Waals surface area contributed by atoms with Crippen LogP contribution in [0.25, 0.3) is 0 Å². The molecular weight excluding hydrogens is 308 g/mol. The van der Waals surface area contributed by atoms with E-state index in [1.807, 2.05) is 0 Å². The summed E-state index contributed by atoms with van der Waals surface area (Å²) >= 11 is 0. The summed E-state index contributed by atoms with van der Waals surface area (Å²) in [7, 11) is 0. The number of halogens is 6. The third-order valence-corrected chi connectivity index (χ3v) is 1.09. The van der Waals surface area contributed by atoms with Crippen LogP contribution in [0.1, 0.15) is 0 Å². The van der Waals surface area contributed by atoms with Crippen molar-refractivity contribution in [2.45, 2.75) is 12.4 Å². The molecule has 0 unspecified atom stereocenters. The highest BCUT2D eigenvalue weighted by atomic mass is 19.4. The van der Waals surface area contributed by atoms with Crippen molar-refractivity contribution in [2.24, 2.45) is 0 Å². The van der Waals surface area contributed by atoms with Crippen molar-refractivity contribution in [3.63, 3.8) is 0 Å². The molecule has 7 nitrogen and oxygen atoms in total. The lowest BCUT2D eigenvalue weighted by atomic mass is 10.7. The maximum Gasteiger partial charge on any atom is 0.490 e. The van der Waals surface area contributed by atoms with E-state index in [0.717, 1.165) is 0 Å². The van der Waals surface area contributed by atoms with Gasteiger partial charge in [-0.05, 0) is 0 Å². The Bertz CT molecular complexity index is 319. The van der Waals surface area contributed by atoms with Crippen LogP contribution in [-0.4, -0.2) is 53.7 Å². The van der Waals surface area contributed by atoms with E-state index in [9.17, 15) is 31.1 Å². The third-order valence-electron chi connectivity index (χ3n) is 1.09. The second-order valence-corrected chi connectivity index (χ2v) is 2.67. The predicted molar refractivity (Wildman–Crippen MR) is 46.7 cm³/mol. The van der Waals surface area contributed by atoms with Gasteiger partial charge in [0, 0.05) is 0 Å². The summed E-state index contributed by atoms with van der Waals surface area (Å²) in [5.41, 5.74) is 0. The molecule has 13 heteroatoms. The molecule has 0 radical (unpaired) electrons. The molecule has 0 aliphatic carbocycles. The molecular formula is C7H7F6NO6. The normalized spacial score (nSPS) is 13.8. The van der Waals surface area contributed by atoms with Crippen molar-refractivity contribution in [1.29, 1.82) is 0 Å². The first-order chi connectivity index (χ1) is 8.78. The zero-order chi connectivity index (χ0) is 16.6. The van der Waals surface area contributed by atoms with Gasteiger partial charge in [-0.2, -0.15) is 26.3 Å². The fourth-order valence-corrected chi connectivity index (χ4v) is 0.348. The number of carboxylic acids is 2. The van der Waals surface area contributed by atoms with Gasteiger partial charge in [-0.1, -0.05) is 0 Å². The Hall–Kier alpha value is -2.21. The van der Waals surface area contributed by atoms with Crippen molar-refractivity contribution in [3.05, 3.63) is 0 Å². The van der Waals surface area contributed by atoms with E-state index >= 15 is 0 Å². The summed E-state index contributed by atoms with van der Waals surface area (Å²) in [6, 6.07) is 0. The molecule has 0 atom stereocenters. The lowest BCUT2D eigenvalue weighted by molar-refractivity contribution is -0.193. The predicted octanol–water partition coefficient (Wildman–Crippen LogP) is 0.993. The summed E-state index contributed by atoms with van der Waals surface area (Å²) < 4.78 is 67.9. The summed E-state index contributed by atoms with van der Waals surface area (Å²) in [4.78, 5) is 27.7. The molecule has 0 aromatic rings. The van der Waals surface area contributed by atoms with E-state index in [0.29, 0.717) is 13.2 Å². The van der Waals surface area contributed by atoms with Crippen LogP contribution >= 0.6 is 0 Å². The summed E-state index contributed by atoms with van der Waals surface area (Å²) in [6.45, 7) is 1.19. The standard InChI is InChI=1S/C3H5NO2.2C2HF3O2/c5-3-4-1-2-6-3;2*3-2(4,5)1(6)7/h1-2H2,(H,4,5);2*(H,6,7). The molecule has 20 heavy (non-hydrogen) atoms. The van der Waals surface area contributed by atoms with Crippen molar-refractivity contribution in [2.75, 3.05) is 13.2 Å². The van der Waals surface area contributed by atoms with Gasteiger partial charge in [-0.3, -0.25) is 0 Å². The van der Waals surface area contributed by atoms with E-state index < -0.39 is 24.3 Å². The van der Waals surface area contributed by atoms with Crippen LogP contribution in [-0.2, 0) is 14.3 Å². The van der Waals surface area contributed by atoms with Crippen molar-refractivity contribution in [3.8, 4) is 0 Å². The minimum atomic E-state index is -5.08. The Morgan fingerprint density at radius 2 is 1.30 bits per heavy atom. The molecule has 1 rings (SSSR count). The number of aliphatic carboxylic acids is 2. The second kappa shape index (κ2) is 8.06. The minimum Gasteiger partial charge on any atom is -0.475 e. The van der Waals surface area contributed by atoms with Crippen LogP contribution in [0.5, 0.6) is 0 Å². The van der Waals surface area contributed by atoms with Crippen LogP contribution in [0.3, 0.4) is 0 Å². The Morgan fingerprint density at radius 1 is 1.00 bits per heavy atom. The van der Waals surface area contributed by atoms with E-state index in [-0.39, 0.29) is 6.09 Å². The number of cyclic esters (lactones) is 1. The lowest BCUT2D eigenvalue weighted by Gasteiger charge is -1.93. The molecule has 3 N–H and O–H groups in total. The Labute approximate surface area is 106 Å². The molecule has 0 aromatic carbocycles. The Balaban J connectivity index is 0. The van der Waals surface area contributed by atoms with Gasteiger partial charge < -0.3 is 20.3 Å². The number of carboxylic acid groups (broad SMARTS) is 2. The molecule has 118 valence electrons. The van der Waals surface area contributed by atoms with Crippen molar-refractivity contribution in [1.82, 2.24) is 5.32 Å². The molecule has 0 bridgehead atoms. The summed E-state index contributed by atoms with van der Waals surface area (Å²) in [5, 5.41) is 16.7. The average Bonchev–Trinajstić information content (AvgIpc) is 2.67. The highest BCUT2D eigenvalue weighted by molar-refractivity contribution is 5.73. The number of hydrogen-bond donors (Lipinski definition) is 3. The molecule has 1 amide bonds. The van der Waals surface area contributed by atoms with Gasteiger partial charge >= 0.3 is 30.4 Å². The first kappa shape index (κ1) is 20.1. The van der Waals surface area contributed by atoms with Crippen LogP contribution < -0.4 is 5.32 Å². The van der Waals surface area contributed by atoms with E-state index in [1.54, 1.807) is 0 Å². The van der Waals surface area contributed by atoms with Gasteiger partial charge in [-0.25, -0.2) is 14.4 Å². The zero-order valence-electron chi connectivity index (χ0n) is 9.21. The van der Waals surface area contributed by atoms with Gasteiger partial charge in [0.05, 0.1) is 6.54 Å². The molecule has 1 saturated heterocycles. The molecule has 0 aromatic heterocycles. The average molecular weight is 315 g/mol. The fraction of sp³-hybridized carbons (Fsp3) is 0.571. The first-order valence-electron chi connectivity index (χ1n) is 4.29. The smallest absolute Gasteiger partial charge is 0.475 e. The van der Waals surface area contributed by atoms with Gasteiger partial charge in [0.15, 0.2) is 0 Å². The molecule has 1 heterocycles. The molecule has 0 spiro atoms. The topological polar surface area (TPSA) is 113 Å². The number of rotatable bonds is 0. The second-order valence-electron chi connectivity index (χ2n) is 2.67. The molecule has 1 aliphatic heterocycles. The maximum atomic E-state index is 10.6. The number of ether oxygens (including phenoxy) is 1. The quantitative estimate of drug-likeness (QED) is 0.575. The van der Waals surface area contributed by atoms with Gasteiger partial charge in [-0.15, -0.1) is 0 Å². The number of carbonyl (C=O) groups excluding carboxylic acids is 1. The molecule has 1 fully saturated rings. The maximum absolute atomic E-state index is 10.6. The fourth-order valence-electron chi connectivity index (χ4n) is 0.348. The number of amides is 1.